The zero-order chi connectivity index (χ0) is 13.7. The lowest BCUT2D eigenvalue weighted by molar-refractivity contribution is 0.197. The van der Waals surface area contributed by atoms with Crippen LogP contribution in [0.25, 0.3) is 0 Å². The van der Waals surface area contributed by atoms with Crippen molar-refractivity contribution in [1.29, 1.82) is 0 Å². The summed E-state index contributed by atoms with van der Waals surface area (Å²) in [5.41, 5.74) is 1.66. The summed E-state index contributed by atoms with van der Waals surface area (Å²) in [6, 6.07) is 4.91. The van der Waals surface area contributed by atoms with Gasteiger partial charge in [-0.25, -0.2) is 9.37 Å². The second-order valence-electron chi connectivity index (χ2n) is 4.28. The number of hydrogen-bond donors (Lipinski definition) is 1. The topological polar surface area (TPSA) is 34.1 Å². The van der Waals surface area contributed by atoms with Crippen LogP contribution in [0.15, 0.2) is 29.8 Å². The van der Waals surface area contributed by atoms with E-state index in [1.807, 2.05) is 18.4 Å². The maximum Gasteiger partial charge on any atom is 0.128 e. The molecule has 2 aromatic rings. The minimum Gasteiger partial charge on any atom is -0.383 e. The van der Waals surface area contributed by atoms with Gasteiger partial charge in [-0.1, -0.05) is 17.7 Å². The van der Waals surface area contributed by atoms with Crippen LogP contribution in [0.4, 0.5) is 4.39 Å². The van der Waals surface area contributed by atoms with Gasteiger partial charge in [-0.05, 0) is 13.0 Å². The Kier molecular flexibility index (Phi) is 5.01. The summed E-state index contributed by atoms with van der Waals surface area (Å²) in [4.78, 5) is 4.29. The van der Waals surface area contributed by atoms with E-state index in [0.29, 0.717) is 18.7 Å². The molecule has 0 amide bonds. The number of methoxy groups -OCH3 is 1. The molecule has 1 aromatic carbocycles. The van der Waals surface area contributed by atoms with Crippen molar-refractivity contribution < 1.29 is 9.13 Å². The number of aromatic nitrogens is 1. The molecule has 1 N–H and O–H groups in total. The van der Waals surface area contributed by atoms with Crippen LogP contribution in [-0.2, 0) is 4.74 Å². The Morgan fingerprint density at radius 1 is 1.47 bits per heavy atom. The van der Waals surface area contributed by atoms with E-state index in [0.717, 1.165) is 10.6 Å². The van der Waals surface area contributed by atoms with E-state index in [4.69, 9.17) is 4.74 Å². The van der Waals surface area contributed by atoms with E-state index in [2.05, 4.69) is 10.3 Å². The van der Waals surface area contributed by atoms with Crippen LogP contribution in [0.2, 0.25) is 0 Å². The molecule has 0 radical (unpaired) electrons. The van der Waals surface area contributed by atoms with E-state index in [1.54, 1.807) is 19.4 Å². The van der Waals surface area contributed by atoms with Gasteiger partial charge in [0.1, 0.15) is 10.8 Å². The van der Waals surface area contributed by atoms with Gasteiger partial charge in [-0.3, -0.25) is 0 Å². The molecule has 0 bridgehead atoms. The van der Waals surface area contributed by atoms with Crippen molar-refractivity contribution in [2.24, 2.45) is 0 Å². The lowest BCUT2D eigenvalue weighted by Crippen LogP contribution is -2.26. The minimum atomic E-state index is -0.227. The summed E-state index contributed by atoms with van der Waals surface area (Å²) in [7, 11) is 1.65. The van der Waals surface area contributed by atoms with E-state index < -0.39 is 0 Å². The predicted octanol–water partition coefficient (Wildman–Crippen LogP) is 2.92. The lowest BCUT2D eigenvalue weighted by atomic mass is 10.0. The number of nitrogens with zero attached hydrogens (tertiary/aromatic N) is 1. The van der Waals surface area contributed by atoms with Crippen molar-refractivity contribution in [3.05, 3.63) is 51.7 Å². The van der Waals surface area contributed by atoms with Crippen LogP contribution >= 0.6 is 11.3 Å². The van der Waals surface area contributed by atoms with Gasteiger partial charge in [-0.15, -0.1) is 11.3 Å². The third-order valence-electron chi connectivity index (χ3n) is 2.82. The van der Waals surface area contributed by atoms with Gasteiger partial charge in [-0.2, -0.15) is 0 Å². The van der Waals surface area contributed by atoms with E-state index in [9.17, 15) is 4.39 Å². The van der Waals surface area contributed by atoms with Gasteiger partial charge in [0.2, 0.25) is 0 Å². The molecule has 1 heterocycles. The van der Waals surface area contributed by atoms with Crippen LogP contribution < -0.4 is 5.32 Å². The van der Waals surface area contributed by atoms with Crippen LogP contribution in [0.5, 0.6) is 0 Å². The molecule has 0 fully saturated rings. The molecule has 0 aliphatic carbocycles. The summed E-state index contributed by atoms with van der Waals surface area (Å²) in [6.45, 7) is 3.18. The van der Waals surface area contributed by atoms with E-state index in [-0.39, 0.29) is 11.9 Å². The van der Waals surface area contributed by atoms with Gasteiger partial charge in [0.25, 0.3) is 0 Å². The predicted molar refractivity (Wildman–Crippen MR) is 75.0 cm³/mol. The van der Waals surface area contributed by atoms with Crippen molar-refractivity contribution in [2.45, 2.75) is 13.0 Å². The molecular formula is C14H17FN2OS. The highest BCUT2D eigenvalue weighted by Gasteiger charge is 2.19. The first-order valence-corrected chi connectivity index (χ1v) is 6.98. The Balaban J connectivity index is 2.28. The standard InChI is InChI=1S/C14H17FN2OS/c1-10-3-4-12(15)11(9-10)13(16-5-7-18-2)14-17-6-8-19-14/h3-4,6,8-9,13,16H,5,7H2,1-2H3. The number of halogens is 1. The van der Waals surface area contributed by atoms with Crippen molar-refractivity contribution in [3.8, 4) is 0 Å². The third kappa shape index (κ3) is 3.59. The fourth-order valence-electron chi connectivity index (χ4n) is 1.90. The summed E-state index contributed by atoms with van der Waals surface area (Å²) >= 11 is 1.52. The Labute approximate surface area is 116 Å². The molecule has 0 saturated heterocycles. The summed E-state index contributed by atoms with van der Waals surface area (Å²) in [6.07, 6.45) is 1.73. The second kappa shape index (κ2) is 6.75. The molecular weight excluding hydrogens is 263 g/mol. The minimum absolute atomic E-state index is 0.212. The zero-order valence-corrected chi connectivity index (χ0v) is 11.8. The SMILES string of the molecule is COCCNC(c1nccs1)c1cc(C)ccc1F. The van der Waals surface area contributed by atoms with E-state index in [1.165, 1.54) is 17.4 Å². The molecule has 0 aliphatic rings. The summed E-state index contributed by atoms with van der Waals surface area (Å²) in [5, 5.41) is 6.05. The first kappa shape index (κ1) is 14.1. The summed E-state index contributed by atoms with van der Waals surface area (Å²) < 4.78 is 19.1. The Morgan fingerprint density at radius 2 is 2.32 bits per heavy atom. The largest absolute Gasteiger partial charge is 0.383 e. The van der Waals surface area contributed by atoms with Crippen molar-refractivity contribution in [3.63, 3.8) is 0 Å². The molecule has 0 saturated carbocycles. The molecule has 1 unspecified atom stereocenters. The van der Waals surface area contributed by atoms with Crippen molar-refractivity contribution in [1.82, 2.24) is 10.3 Å². The molecule has 3 nitrogen and oxygen atoms in total. The molecule has 102 valence electrons. The highest BCUT2D eigenvalue weighted by atomic mass is 32.1. The molecule has 0 aliphatic heterocycles. The smallest absolute Gasteiger partial charge is 0.128 e. The zero-order valence-electron chi connectivity index (χ0n) is 11.0. The fourth-order valence-corrected chi connectivity index (χ4v) is 2.63. The molecule has 0 spiro atoms. The average Bonchev–Trinajstić information content (AvgIpc) is 2.92. The van der Waals surface area contributed by atoms with Crippen molar-refractivity contribution in [2.75, 3.05) is 20.3 Å². The number of ether oxygens (including phenoxy) is 1. The highest BCUT2D eigenvalue weighted by Crippen LogP contribution is 2.26. The maximum absolute atomic E-state index is 14.0. The van der Waals surface area contributed by atoms with Gasteiger partial charge in [0.05, 0.1) is 12.6 Å². The highest BCUT2D eigenvalue weighted by molar-refractivity contribution is 7.09. The third-order valence-corrected chi connectivity index (χ3v) is 3.66. The quantitative estimate of drug-likeness (QED) is 0.826. The van der Waals surface area contributed by atoms with Crippen LogP contribution in [0.3, 0.4) is 0 Å². The molecule has 19 heavy (non-hydrogen) atoms. The molecule has 1 atom stereocenters. The number of aryl methyl sites for hydroxylation is 1. The Hall–Kier alpha value is -1.30. The first-order chi connectivity index (χ1) is 9.22. The summed E-state index contributed by atoms with van der Waals surface area (Å²) in [5.74, 6) is -0.212. The maximum atomic E-state index is 14.0. The van der Waals surface area contributed by atoms with E-state index >= 15 is 0 Å². The average molecular weight is 280 g/mol. The Morgan fingerprint density at radius 3 is 3.00 bits per heavy atom. The van der Waals surface area contributed by atoms with Crippen LogP contribution in [-0.4, -0.2) is 25.2 Å². The van der Waals surface area contributed by atoms with Gasteiger partial charge in [0, 0.05) is 30.8 Å². The molecule has 5 heteroatoms. The number of nitrogens with one attached hydrogen (secondary N) is 1. The molecule has 2 rings (SSSR count). The molecule has 1 aromatic heterocycles. The first-order valence-electron chi connectivity index (χ1n) is 6.10. The Bertz CT molecular complexity index is 516. The number of benzene rings is 1. The monoisotopic (exact) mass is 280 g/mol. The van der Waals surface area contributed by atoms with Crippen LogP contribution in [0, 0.1) is 12.7 Å². The van der Waals surface area contributed by atoms with Gasteiger partial charge < -0.3 is 10.1 Å². The van der Waals surface area contributed by atoms with Crippen molar-refractivity contribution >= 4 is 11.3 Å². The number of rotatable bonds is 6. The number of hydrogen-bond acceptors (Lipinski definition) is 4. The second-order valence-corrected chi connectivity index (χ2v) is 5.20. The normalized spacial score (nSPS) is 12.6. The van der Waals surface area contributed by atoms with Gasteiger partial charge >= 0.3 is 0 Å². The fraction of sp³-hybridized carbons (Fsp3) is 0.357. The van der Waals surface area contributed by atoms with Crippen LogP contribution in [0.1, 0.15) is 22.2 Å². The number of thiazole rings is 1. The lowest BCUT2D eigenvalue weighted by Gasteiger charge is -2.18. The van der Waals surface area contributed by atoms with Gasteiger partial charge in [0.15, 0.2) is 0 Å².